The second kappa shape index (κ2) is 9.20. The van der Waals surface area contributed by atoms with Gasteiger partial charge in [0.25, 0.3) is 0 Å². The number of benzene rings is 1. The van der Waals surface area contributed by atoms with Gasteiger partial charge < -0.3 is 20.1 Å². The number of guanidine groups is 1. The van der Waals surface area contributed by atoms with Crippen LogP contribution < -0.4 is 5.73 Å². The van der Waals surface area contributed by atoms with Gasteiger partial charge in [-0.25, -0.2) is 4.99 Å². The number of hydrogen-bond acceptors (Lipinski definition) is 3. The highest BCUT2D eigenvalue weighted by Crippen LogP contribution is 2.16. The number of ether oxygens (including phenoxy) is 2. The normalized spacial score (nSPS) is 23.0. The Morgan fingerprint density at radius 3 is 2.64 bits per heavy atom. The van der Waals surface area contributed by atoms with Crippen molar-refractivity contribution < 1.29 is 9.47 Å². The van der Waals surface area contributed by atoms with Crippen molar-refractivity contribution in [2.45, 2.75) is 51.9 Å². The predicted molar refractivity (Wildman–Crippen MR) is 100 cm³/mol. The van der Waals surface area contributed by atoms with Gasteiger partial charge in [0.1, 0.15) is 0 Å². The molecule has 0 saturated carbocycles. The van der Waals surface area contributed by atoms with Crippen molar-refractivity contribution in [3.8, 4) is 0 Å². The molecule has 138 valence electrons. The minimum Gasteiger partial charge on any atom is -0.381 e. The van der Waals surface area contributed by atoms with E-state index in [4.69, 9.17) is 15.2 Å². The standard InChI is InChI=1S/C20H31N3O2/c1-16-3-2-10-23(14-16)20(21)22-13-17-4-6-18(7-5-17)15-25-19-8-11-24-12-9-19/h4-7,16,19H,2-3,8-15H2,1H3,(H2,21,22)/t16-/m1/s1. The number of rotatable bonds is 5. The maximum Gasteiger partial charge on any atom is 0.191 e. The summed E-state index contributed by atoms with van der Waals surface area (Å²) in [6.45, 7) is 7.28. The van der Waals surface area contributed by atoms with Crippen LogP contribution in [0.2, 0.25) is 0 Å². The van der Waals surface area contributed by atoms with Gasteiger partial charge in [-0.05, 0) is 42.7 Å². The van der Waals surface area contributed by atoms with E-state index in [1.54, 1.807) is 0 Å². The Hall–Kier alpha value is -1.59. The van der Waals surface area contributed by atoms with E-state index < -0.39 is 0 Å². The summed E-state index contributed by atoms with van der Waals surface area (Å²) in [6.07, 6.45) is 4.84. The molecule has 0 radical (unpaired) electrons. The van der Waals surface area contributed by atoms with E-state index in [1.807, 2.05) is 0 Å². The van der Waals surface area contributed by atoms with Crippen molar-refractivity contribution in [1.29, 1.82) is 0 Å². The molecule has 0 amide bonds. The lowest BCUT2D eigenvalue weighted by molar-refractivity contribution is -0.0390. The third-order valence-corrected chi connectivity index (χ3v) is 5.08. The van der Waals surface area contributed by atoms with Crippen LogP contribution in [0.15, 0.2) is 29.3 Å². The number of piperidine rings is 1. The average Bonchev–Trinajstić information content (AvgIpc) is 2.66. The Morgan fingerprint density at radius 2 is 1.92 bits per heavy atom. The first-order valence-electron chi connectivity index (χ1n) is 9.53. The zero-order valence-corrected chi connectivity index (χ0v) is 15.3. The van der Waals surface area contributed by atoms with E-state index in [-0.39, 0.29) is 0 Å². The molecule has 3 rings (SSSR count). The molecule has 0 unspecified atom stereocenters. The smallest absolute Gasteiger partial charge is 0.191 e. The summed E-state index contributed by atoms with van der Waals surface area (Å²) >= 11 is 0. The summed E-state index contributed by atoms with van der Waals surface area (Å²) in [6, 6.07) is 8.50. The number of nitrogens with zero attached hydrogens (tertiary/aromatic N) is 2. The maximum atomic E-state index is 6.16. The monoisotopic (exact) mass is 345 g/mol. The van der Waals surface area contributed by atoms with Gasteiger partial charge in [-0.1, -0.05) is 31.2 Å². The minimum atomic E-state index is 0.338. The zero-order chi connectivity index (χ0) is 17.5. The summed E-state index contributed by atoms with van der Waals surface area (Å²) < 4.78 is 11.3. The molecule has 0 aliphatic carbocycles. The van der Waals surface area contributed by atoms with E-state index in [2.05, 4.69) is 41.1 Å². The Bertz CT molecular complexity index is 553. The molecule has 2 fully saturated rings. The summed E-state index contributed by atoms with van der Waals surface area (Å²) in [5.41, 5.74) is 8.55. The fourth-order valence-corrected chi connectivity index (χ4v) is 3.47. The van der Waals surface area contributed by atoms with Gasteiger partial charge >= 0.3 is 0 Å². The van der Waals surface area contributed by atoms with Crippen molar-refractivity contribution in [3.05, 3.63) is 35.4 Å². The van der Waals surface area contributed by atoms with Crippen LogP contribution in [-0.4, -0.2) is 43.3 Å². The van der Waals surface area contributed by atoms with Crippen molar-refractivity contribution in [3.63, 3.8) is 0 Å². The van der Waals surface area contributed by atoms with Gasteiger partial charge in [-0.3, -0.25) is 0 Å². The predicted octanol–water partition coefficient (Wildman–Crippen LogP) is 2.93. The molecule has 5 heteroatoms. The molecular formula is C20H31N3O2. The van der Waals surface area contributed by atoms with Crippen LogP contribution >= 0.6 is 0 Å². The van der Waals surface area contributed by atoms with Crippen LogP contribution in [0.1, 0.15) is 43.7 Å². The highest BCUT2D eigenvalue weighted by atomic mass is 16.5. The van der Waals surface area contributed by atoms with Gasteiger partial charge in [0.2, 0.25) is 0 Å². The van der Waals surface area contributed by atoms with Gasteiger partial charge in [0, 0.05) is 26.3 Å². The molecule has 25 heavy (non-hydrogen) atoms. The van der Waals surface area contributed by atoms with Crippen LogP contribution in [0.4, 0.5) is 0 Å². The zero-order valence-electron chi connectivity index (χ0n) is 15.3. The first kappa shape index (κ1) is 18.2. The van der Waals surface area contributed by atoms with Crippen molar-refractivity contribution >= 4 is 5.96 Å². The second-order valence-corrected chi connectivity index (χ2v) is 7.31. The van der Waals surface area contributed by atoms with Crippen LogP contribution in [-0.2, 0) is 22.6 Å². The quantitative estimate of drug-likeness (QED) is 0.658. The molecule has 1 atom stereocenters. The largest absolute Gasteiger partial charge is 0.381 e. The van der Waals surface area contributed by atoms with Gasteiger partial charge in [0.15, 0.2) is 5.96 Å². The Morgan fingerprint density at radius 1 is 1.20 bits per heavy atom. The van der Waals surface area contributed by atoms with Crippen molar-refractivity contribution in [2.24, 2.45) is 16.6 Å². The Labute approximate surface area is 151 Å². The van der Waals surface area contributed by atoms with E-state index in [9.17, 15) is 0 Å². The molecule has 2 saturated heterocycles. The summed E-state index contributed by atoms with van der Waals surface area (Å²) in [5.74, 6) is 1.39. The lowest BCUT2D eigenvalue weighted by atomic mass is 10.0. The van der Waals surface area contributed by atoms with Crippen LogP contribution in [0.5, 0.6) is 0 Å². The molecule has 1 aromatic rings. The van der Waals surface area contributed by atoms with Crippen molar-refractivity contribution in [1.82, 2.24) is 4.90 Å². The number of aliphatic imine (C=N–C) groups is 1. The summed E-state index contributed by atoms with van der Waals surface area (Å²) in [5, 5.41) is 0. The summed E-state index contributed by atoms with van der Waals surface area (Å²) in [4.78, 5) is 6.79. The summed E-state index contributed by atoms with van der Waals surface area (Å²) in [7, 11) is 0. The highest BCUT2D eigenvalue weighted by Gasteiger charge is 2.17. The Kier molecular flexibility index (Phi) is 6.70. The van der Waals surface area contributed by atoms with E-state index >= 15 is 0 Å². The first-order valence-corrected chi connectivity index (χ1v) is 9.53. The Balaban J connectivity index is 1.46. The molecule has 2 heterocycles. The van der Waals surface area contributed by atoms with Crippen LogP contribution in [0, 0.1) is 5.92 Å². The lowest BCUT2D eigenvalue weighted by Crippen LogP contribution is -2.43. The van der Waals surface area contributed by atoms with E-state index in [0.29, 0.717) is 31.1 Å². The average molecular weight is 345 g/mol. The molecule has 2 aliphatic rings. The highest BCUT2D eigenvalue weighted by molar-refractivity contribution is 5.78. The van der Waals surface area contributed by atoms with E-state index in [1.165, 1.54) is 24.0 Å². The maximum absolute atomic E-state index is 6.16. The van der Waals surface area contributed by atoms with E-state index in [0.717, 1.165) is 39.1 Å². The molecule has 0 bridgehead atoms. The fourth-order valence-electron chi connectivity index (χ4n) is 3.47. The first-order chi connectivity index (χ1) is 12.2. The lowest BCUT2D eigenvalue weighted by Gasteiger charge is -2.31. The van der Waals surface area contributed by atoms with Crippen LogP contribution in [0.3, 0.4) is 0 Å². The van der Waals surface area contributed by atoms with Crippen molar-refractivity contribution in [2.75, 3.05) is 26.3 Å². The molecule has 5 nitrogen and oxygen atoms in total. The topological polar surface area (TPSA) is 60.1 Å². The molecule has 0 aromatic heterocycles. The molecule has 2 N–H and O–H groups in total. The van der Waals surface area contributed by atoms with Gasteiger partial charge in [-0.15, -0.1) is 0 Å². The number of hydrogen-bond donors (Lipinski definition) is 1. The van der Waals surface area contributed by atoms with Crippen LogP contribution in [0.25, 0.3) is 0 Å². The van der Waals surface area contributed by atoms with Gasteiger partial charge in [-0.2, -0.15) is 0 Å². The van der Waals surface area contributed by atoms with Gasteiger partial charge in [0.05, 0.1) is 19.3 Å². The molecule has 2 aliphatic heterocycles. The number of nitrogens with two attached hydrogens (primary N) is 1. The number of likely N-dealkylation sites (tertiary alicyclic amines) is 1. The molecular weight excluding hydrogens is 314 g/mol. The molecule has 0 spiro atoms. The third kappa shape index (κ3) is 5.72. The minimum absolute atomic E-state index is 0.338. The second-order valence-electron chi connectivity index (χ2n) is 7.31. The SMILES string of the molecule is C[C@@H]1CCCN(C(N)=NCc2ccc(COC3CCOCC3)cc2)C1. The molecule has 1 aromatic carbocycles. The third-order valence-electron chi connectivity index (χ3n) is 5.08. The fraction of sp³-hybridized carbons (Fsp3) is 0.650.